The van der Waals surface area contributed by atoms with Gasteiger partial charge in [-0.1, -0.05) is 49.6 Å². The van der Waals surface area contributed by atoms with Crippen LogP contribution in [0.2, 0.25) is 0 Å². The van der Waals surface area contributed by atoms with Gasteiger partial charge in [-0.25, -0.2) is 0 Å². The van der Waals surface area contributed by atoms with Gasteiger partial charge in [-0.15, -0.1) is 0 Å². The molecule has 0 aliphatic heterocycles. The minimum Gasteiger partial charge on any atom is -0.395 e. The molecule has 20 heavy (non-hydrogen) atoms. The second-order valence-electron chi connectivity index (χ2n) is 5.72. The number of carbonyl (C=O) groups excluding carboxylic acids is 1. The van der Waals surface area contributed by atoms with E-state index in [1.165, 1.54) is 24.8 Å². The monoisotopic (exact) mass is 275 g/mol. The largest absolute Gasteiger partial charge is 0.395 e. The number of rotatable bonds is 7. The van der Waals surface area contributed by atoms with Crippen molar-refractivity contribution in [2.24, 2.45) is 5.92 Å². The van der Waals surface area contributed by atoms with Gasteiger partial charge in [-0.05, 0) is 18.4 Å². The third-order valence-electron chi connectivity index (χ3n) is 4.11. The number of aliphatic hydroxyl groups excluding tert-OH is 1. The number of hydrogen-bond donors (Lipinski definition) is 1. The van der Waals surface area contributed by atoms with Crippen molar-refractivity contribution < 1.29 is 9.90 Å². The summed E-state index contributed by atoms with van der Waals surface area (Å²) in [4.78, 5) is 14.4. The molecule has 1 N–H and O–H groups in total. The molecule has 1 saturated carbocycles. The van der Waals surface area contributed by atoms with Crippen molar-refractivity contribution in [3.63, 3.8) is 0 Å². The highest BCUT2D eigenvalue weighted by Crippen LogP contribution is 2.24. The van der Waals surface area contributed by atoms with Crippen LogP contribution in [0.25, 0.3) is 0 Å². The average molecular weight is 275 g/mol. The Morgan fingerprint density at radius 3 is 2.50 bits per heavy atom. The highest BCUT2D eigenvalue weighted by Gasteiger charge is 2.22. The van der Waals surface area contributed by atoms with Crippen molar-refractivity contribution in [1.29, 1.82) is 0 Å². The smallest absolute Gasteiger partial charge is 0.149 e. The van der Waals surface area contributed by atoms with E-state index in [-0.39, 0.29) is 12.5 Å². The fourth-order valence-electron chi connectivity index (χ4n) is 2.97. The maximum atomic E-state index is 12.4. The molecule has 3 nitrogen and oxygen atoms in total. The summed E-state index contributed by atoms with van der Waals surface area (Å²) in [6.07, 6.45) is 5.76. The number of ketones is 1. The molecule has 0 saturated heterocycles. The Labute approximate surface area is 121 Å². The summed E-state index contributed by atoms with van der Waals surface area (Å²) in [6, 6.07) is 10.1. The van der Waals surface area contributed by atoms with Crippen LogP contribution in [0.1, 0.15) is 37.7 Å². The Bertz CT molecular complexity index is 399. The van der Waals surface area contributed by atoms with Crippen molar-refractivity contribution in [3.8, 4) is 0 Å². The molecule has 1 aliphatic carbocycles. The van der Waals surface area contributed by atoms with E-state index in [0.29, 0.717) is 18.9 Å². The second kappa shape index (κ2) is 8.18. The molecule has 1 aliphatic rings. The molecule has 0 radical (unpaired) electrons. The Hall–Kier alpha value is -1.19. The van der Waals surface area contributed by atoms with Gasteiger partial charge in [0.25, 0.3) is 0 Å². The quantitative estimate of drug-likeness (QED) is 0.831. The van der Waals surface area contributed by atoms with Crippen molar-refractivity contribution in [2.75, 3.05) is 19.7 Å². The first-order valence-corrected chi connectivity index (χ1v) is 7.69. The normalized spacial score (nSPS) is 16.5. The van der Waals surface area contributed by atoms with Gasteiger partial charge in [0, 0.05) is 19.0 Å². The number of carbonyl (C=O) groups is 1. The van der Waals surface area contributed by atoms with Crippen LogP contribution in [0.3, 0.4) is 0 Å². The first kappa shape index (κ1) is 15.2. The summed E-state index contributed by atoms with van der Waals surface area (Å²) in [5.74, 6) is 0.606. The highest BCUT2D eigenvalue weighted by atomic mass is 16.3. The Morgan fingerprint density at radius 2 is 1.85 bits per heavy atom. The number of Topliss-reactive ketones (excluding diaryl/α,β-unsaturated/α-hetero) is 1. The van der Waals surface area contributed by atoms with E-state index in [1.807, 2.05) is 18.2 Å². The number of hydrogen-bond acceptors (Lipinski definition) is 3. The predicted octanol–water partition coefficient (Wildman–Crippen LogP) is 2.63. The van der Waals surface area contributed by atoms with Crippen molar-refractivity contribution in [1.82, 2.24) is 4.90 Å². The molecule has 0 bridgehead atoms. The van der Waals surface area contributed by atoms with Crippen LogP contribution in [-0.2, 0) is 11.3 Å². The molecule has 0 atom stereocenters. The Kier molecular flexibility index (Phi) is 6.22. The van der Waals surface area contributed by atoms with Crippen LogP contribution in [-0.4, -0.2) is 35.5 Å². The van der Waals surface area contributed by atoms with Crippen LogP contribution in [0.4, 0.5) is 0 Å². The molecule has 0 unspecified atom stereocenters. The van der Waals surface area contributed by atoms with Crippen LogP contribution in [0.15, 0.2) is 30.3 Å². The SMILES string of the molecule is O=C(CN(CCO)Cc1ccccc1)C1CCCCC1. The summed E-state index contributed by atoms with van der Waals surface area (Å²) in [6.45, 7) is 1.87. The number of nitrogens with zero attached hydrogens (tertiary/aromatic N) is 1. The molecule has 2 rings (SSSR count). The molecule has 1 fully saturated rings. The molecule has 0 amide bonds. The van der Waals surface area contributed by atoms with E-state index in [4.69, 9.17) is 0 Å². The molecule has 0 spiro atoms. The molecular formula is C17H25NO2. The van der Waals surface area contributed by atoms with Gasteiger partial charge in [0.05, 0.1) is 13.2 Å². The van der Waals surface area contributed by atoms with E-state index in [9.17, 15) is 9.90 Å². The molecule has 1 aromatic rings. The van der Waals surface area contributed by atoms with Crippen LogP contribution < -0.4 is 0 Å². The standard InChI is InChI=1S/C17H25NO2/c19-12-11-18(13-15-7-3-1-4-8-15)14-17(20)16-9-5-2-6-10-16/h1,3-4,7-8,16,19H,2,5-6,9-14H2. The zero-order valence-corrected chi connectivity index (χ0v) is 12.1. The van der Waals surface area contributed by atoms with Gasteiger partial charge in [0.15, 0.2) is 0 Å². The van der Waals surface area contributed by atoms with E-state index < -0.39 is 0 Å². The molecule has 0 aromatic heterocycles. The lowest BCUT2D eigenvalue weighted by Gasteiger charge is -2.25. The minimum atomic E-state index is 0.102. The molecule has 1 aromatic carbocycles. The number of benzene rings is 1. The lowest BCUT2D eigenvalue weighted by atomic mass is 9.86. The Morgan fingerprint density at radius 1 is 1.15 bits per heavy atom. The molecule has 3 heteroatoms. The van der Waals surface area contributed by atoms with Crippen molar-refractivity contribution in [3.05, 3.63) is 35.9 Å². The van der Waals surface area contributed by atoms with Crippen LogP contribution >= 0.6 is 0 Å². The minimum absolute atomic E-state index is 0.102. The topological polar surface area (TPSA) is 40.5 Å². The summed E-state index contributed by atoms with van der Waals surface area (Å²) in [5, 5.41) is 9.18. The first-order valence-electron chi connectivity index (χ1n) is 7.69. The predicted molar refractivity (Wildman–Crippen MR) is 80.4 cm³/mol. The maximum Gasteiger partial charge on any atom is 0.149 e. The van der Waals surface area contributed by atoms with E-state index in [0.717, 1.165) is 19.4 Å². The first-order chi connectivity index (χ1) is 9.79. The summed E-state index contributed by atoms with van der Waals surface area (Å²) >= 11 is 0. The van der Waals surface area contributed by atoms with Gasteiger partial charge < -0.3 is 5.11 Å². The molecular weight excluding hydrogens is 250 g/mol. The van der Waals surface area contributed by atoms with E-state index in [1.54, 1.807) is 0 Å². The lowest BCUT2D eigenvalue weighted by molar-refractivity contribution is -0.125. The zero-order chi connectivity index (χ0) is 14.2. The second-order valence-corrected chi connectivity index (χ2v) is 5.72. The van der Waals surface area contributed by atoms with E-state index >= 15 is 0 Å². The van der Waals surface area contributed by atoms with Gasteiger partial charge in [-0.3, -0.25) is 9.69 Å². The fraction of sp³-hybridized carbons (Fsp3) is 0.588. The van der Waals surface area contributed by atoms with Gasteiger partial charge in [0.1, 0.15) is 5.78 Å². The van der Waals surface area contributed by atoms with Crippen molar-refractivity contribution in [2.45, 2.75) is 38.6 Å². The van der Waals surface area contributed by atoms with Gasteiger partial charge >= 0.3 is 0 Å². The molecule has 110 valence electrons. The molecule has 0 heterocycles. The third-order valence-corrected chi connectivity index (χ3v) is 4.11. The third kappa shape index (κ3) is 4.73. The Balaban J connectivity index is 1.89. The summed E-state index contributed by atoms with van der Waals surface area (Å²) < 4.78 is 0. The average Bonchev–Trinajstić information content (AvgIpc) is 2.49. The zero-order valence-electron chi connectivity index (χ0n) is 12.1. The summed E-state index contributed by atoms with van der Waals surface area (Å²) in [5.41, 5.74) is 1.19. The van der Waals surface area contributed by atoms with Gasteiger partial charge in [0.2, 0.25) is 0 Å². The van der Waals surface area contributed by atoms with Crippen LogP contribution in [0.5, 0.6) is 0 Å². The number of aliphatic hydroxyl groups is 1. The van der Waals surface area contributed by atoms with Crippen molar-refractivity contribution >= 4 is 5.78 Å². The van der Waals surface area contributed by atoms with E-state index in [2.05, 4.69) is 17.0 Å². The summed E-state index contributed by atoms with van der Waals surface area (Å²) in [7, 11) is 0. The fourth-order valence-corrected chi connectivity index (χ4v) is 2.97. The van der Waals surface area contributed by atoms with Gasteiger partial charge in [-0.2, -0.15) is 0 Å². The van der Waals surface area contributed by atoms with Crippen LogP contribution in [0, 0.1) is 5.92 Å². The lowest BCUT2D eigenvalue weighted by Crippen LogP contribution is -2.35. The highest BCUT2D eigenvalue weighted by molar-refractivity contribution is 5.83. The maximum absolute atomic E-state index is 12.4.